The molecular formula is C10H11F4N. The molecular weight excluding hydrogens is 210 g/mol. The van der Waals surface area contributed by atoms with Crippen LogP contribution in [0.15, 0.2) is 18.2 Å². The number of benzene rings is 1. The van der Waals surface area contributed by atoms with Crippen molar-refractivity contribution in [3.05, 3.63) is 29.6 Å². The van der Waals surface area contributed by atoms with Crippen LogP contribution in [0.5, 0.6) is 0 Å². The number of anilines is 1. The Hall–Kier alpha value is -1.26. The first-order chi connectivity index (χ1) is 6.88. The van der Waals surface area contributed by atoms with Gasteiger partial charge in [0.25, 0.3) is 0 Å². The van der Waals surface area contributed by atoms with Gasteiger partial charge in [-0.1, -0.05) is 6.07 Å². The van der Waals surface area contributed by atoms with Gasteiger partial charge in [0.1, 0.15) is 5.82 Å². The minimum Gasteiger partial charge on any atom is -0.382 e. The molecule has 84 valence electrons. The zero-order valence-electron chi connectivity index (χ0n) is 8.16. The third-order valence-electron chi connectivity index (χ3n) is 1.85. The SMILES string of the molecule is Cc1ccc(NCCC(F)(F)F)c(F)c1. The van der Waals surface area contributed by atoms with E-state index in [1.165, 1.54) is 12.1 Å². The van der Waals surface area contributed by atoms with Gasteiger partial charge in [0.2, 0.25) is 0 Å². The van der Waals surface area contributed by atoms with Crippen molar-refractivity contribution < 1.29 is 17.6 Å². The van der Waals surface area contributed by atoms with Gasteiger partial charge in [-0.05, 0) is 24.6 Å². The summed E-state index contributed by atoms with van der Waals surface area (Å²) in [6.45, 7) is 1.39. The molecule has 0 fully saturated rings. The fourth-order valence-corrected chi connectivity index (χ4v) is 1.10. The highest BCUT2D eigenvalue weighted by molar-refractivity contribution is 5.46. The molecule has 0 heterocycles. The summed E-state index contributed by atoms with van der Waals surface area (Å²) in [5.74, 6) is -0.530. The second-order valence-corrected chi connectivity index (χ2v) is 3.28. The van der Waals surface area contributed by atoms with Gasteiger partial charge in [-0.3, -0.25) is 0 Å². The largest absolute Gasteiger partial charge is 0.390 e. The van der Waals surface area contributed by atoms with Crippen molar-refractivity contribution in [1.82, 2.24) is 0 Å². The molecule has 1 nitrogen and oxygen atoms in total. The maximum absolute atomic E-state index is 13.1. The van der Waals surface area contributed by atoms with Crippen LogP contribution in [-0.4, -0.2) is 12.7 Å². The van der Waals surface area contributed by atoms with E-state index in [1.807, 2.05) is 0 Å². The van der Waals surface area contributed by atoms with Crippen LogP contribution in [-0.2, 0) is 0 Å². The average molecular weight is 221 g/mol. The highest BCUT2D eigenvalue weighted by Crippen LogP contribution is 2.20. The Morgan fingerprint density at radius 3 is 2.47 bits per heavy atom. The van der Waals surface area contributed by atoms with E-state index in [9.17, 15) is 17.6 Å². The van der Waals surface area contributed by atoms with E-state index in [0.717, 1.165) is 5.56 Å². The fraction of sp³-hybridized carbons (Fsp3) is 0.400. The summed E-state index contributed by atoms with van der Waals surface area (Å²) < 4.78 is 48.5. The van der Waals surface area contributed by atoms with Gasteiger partial charge in [0.15, 0.2) is 0 Å². The second kappa shape index (κ2) is 4.51. The minimum atomic E-state index is -4.21. The van der Waals surface area contributed by atoms with Crippen molar-refractivity contribution in [2.45, 2.75) is 19.5 Å². The molecule has 5 heteroatoms. The summed E-state index contributed by atoms with van der Waals surface area (Å²) in [6, 6.07) is 4.34. The molecule has 15 heavy (non-hydrogen) atoms. The molecule has 0 aliphatic heterocycles. The molecule has 1 aromatic carbocycles. The molecule has 0 atom stereocenters. The van der Waals surface area contributed by atoms with Crippen LogP contribution < -0.4 is 5.32 Å². The first-order valence-corrected chi connectivity index (χ1v) is 4.45. The number of alkyl halides is 3. The van der Waals surface area contributed by atoms with Crippen molar-refractivity contribution in [3.63, 3.8) is 0 Å². The van der Waals surface area contributed by atoms with Gasteiger partial charge < -0.3 is 5.32 Å². The number of halogens is 4. The Balaban J connectivity index is 2.51. The van der Waals surface area contributed by atoms with E-state index < -0.39 is 18.4 Å². The van der Waals surface area contributed by atoms with E-state index in [1.54, 1.807) is 13.0 Å². The number of aryl methyl sites for hydroxylation is 1. The topological polar surface area (TPSA) is 12.0 Å². The van der Waals surface area contributed by atoms with Crippen molar-refractivity contribution in [2.24, 2.45) is 0 Å². The van der Waals surface area contributed by atoms with Gasteiger partial charge >= 0.3 is 6.18 Å². The lowest BCUT2D eigenvalue weighted by atomic mass is 10.2. The van der Waals surface area contributed by atoms with E-state index in [-0.39, 0.29) is 12.2 Å². The number of nitrogens with one attached hydrogen (secondary N) is 1. The number of rotatable bonds is 3. The molecule has 0 aliphatic rings. The molecule has 0 spiro atoms. The Kier molecular flexibility index (Phi) is 3.55. The number of hydrogen-bond acceptors (Lipinski definition) is 1. The van der Waals surface area contributed by atoms with Crippen molar-refractivity contribution in [2.75, 3.05) is 11.9 Å². The summed E-state index contributed by atoms with van der Waals surface area (Å²) in [4.78, 5) is 0. The number of hydrogen-bond donors (Lipinski definition) is 1. The maximum Gasteiger partial charge on any atom is 0.390 e. The minimum absolute atomic E-state index is 0.102. The third-order valence-corrected chi connectivity index (χ3v) is 1.85. The average Bonchev–Trinajstić information content (AvgIpc) is 2.07. The lowest BCUT2D eigenvalue weighted by molar-refractivity contribution is -0.131. The zero-order chi connectivity index (χ0) is 11.5. The van der Waals surface area contributed by atoms with Gasteiger partial charge in [-0.15, -0.1) is 0 Å². The predicted molar refractivity (Wildman–Crippen MR) is 50.3 cm³/mol. The van der Waals surface area contributed by atoms with Crippen LogP contribution in [0.2, 0.25) is 0 Å². The molecule has 1 rings (SSSR count). The second-order valence-electron chi connectivity index (χ2n) is 3.28. The van der Waals surface area contributed by atoms with E-state index in [0.29, 0.717) is 0 Å². The summed E-state index contributed by atoms with van der Waals surface area (Å²) in [6.07, 6.45) is -5.19. The maximum atomic E-state index is 13.1. The summed E-state index contributed by atoms with van der Waals surface area (Å²) in [5, 5.41) is 2.40. The fourth-order valence-electron chi connectivity index (χ4n) is 1.10. The molecule has 1 aromatic rings. The first-order valence-electron chi connectivity index (χ1n) is 4.45. The highest BCUT2D eigenvalue weighted by atomic mass is 19.4. The van der Waals surface area contributed by atoms with Crippen molar-refractivity contribution >= 4 is 5.69 Å². The molecule has 0 aromatic heterocycles. The van der Waals surface area contributed by atoms with Crippen molar-refractivity contribution in [1.29, 1.82) is 0 Å². The molecule has 0 aliphatic carbocycles. The van der Waals surface area contributed by atoms with Crippen LogP contribution in [0.25, 0.3) is 0 Å². The smallest absolute Gasteiger partial charge is 0.382 e. The molecule has 0 radical (unpaired) electrons. The third kappa shape index (κ3) is 4.18. The lowest BCUT2D eigenvalue weighted by Crippen LogP contribution is -2.15. The summed E-state index contributed by atoms with van der Waals surface area (Å²) in [7, 11) is 0. The monoisotopic (exact) mass is 221 g/mol. The van der Waals surface area contributed by atoms with Gasteiger partial charge in [0.05, 0.1) is 12.1 Å². The highest BCUT2D eigenvalue weighted by Gasteiger charge is 2.26. The molecule has 0 saturated carbocycles. The van der Waals surface area contributed by atoms with Crippen LogP contribution in [0.4, 0.5) is 23.2 Å². The van der Waals surface area contributed by atoms with Gasteiger partial charge in [0, 0.05) is 6.54 Å². The Morgan fingerprint density at radius 1 is 1.27 bits per heavy atom. The van der Waals surface area contributed by atoms with Crippen molar-refractivity contribution in [3.8, 4) is 0 Å². The quantitative estimate of drug-likeness (QED) is 0.770. The zero-order valence-corrected chi connectivity index (χ0v) is 8.16. The van der Waals surface area contributed by atoms with E-state index >= 15 is 0 Å². The Labute approximate surface area is 85.1 Å². The lowest BCUT2D eigenvalue weighted by Gasteiger charge is -2.09. The van der Waals surface area contributed by atoms with Crippen LogP contribution in [0, 0.1) is 12.7 Å². The molecule has 1 N–H and O–H groups in total. The normalized spacial score (nSPS) is 11.5. The van der Waals surface area contributed by atoms with E-state index in [4.69, 9.17) is 0 Å². The molecule has 0 unspecified atom stereocenters. The summed E-state index contributed by atoms with van der Waals surface area (Å²) in [5.41, 5.74) is 0.832. The van der Waals surface area contributed by atoms with Crippen LogP contribution >= 0.6 is 0 Å². The van der Waals surface area contributed by atoms with Gasteiger partial charge in [-0.25, -0.2) is 4.39 Å². The Bertz CT molecular complexity index is 333. The molecule has 0 amide bonds. The first kappa shape index (κ1) is 11.8. The summed E-state index contributed by atoms with van der Waals surface area (Å²) >= 11 is 0. The van der Waals surface area contributed by atoms with E-state index in [2.05, 4.69) is 5.32 Å². The van der Waals surface area contributed by atoms with Crippen LogP contribution in [0.1, 0.15) is 12.0 Å². The van der Waals surface area contributed by atoms with Crippen LogP contribution in [0.3, 0.4) is 0 Å². The molecule has 0 saturated heterocycles. The standard InChI is InChI=1S/C10H11F4N/c1-7-2-3-9(8(11)6-7)15-5-4-10(12,13)14/h2-3,6,15H,4-5H2,1H3. The van der Waals surface area contributed by atoms with Gasteiger partial charge in [-0.2, -0.15) is 13.2 Å². The molecule has 0 bridgehead atoms. The predicted octanol–water partition coefficient (Wildman–Crippen LogP) is 3.50. The Morgan fingerprint density at radius 2 is 1.93 bits per heavy atom.